The number of hydrogen-bond donors (Lipinski definition) is 4. The smallest absolute Gasteiger partial charge is 0.408 e. The molecule has 3 unspecified atom stereocenters. The average molecular weight is 870 g/mol. The van der Waals surface area contributed by atoms with E-state index in [2.05, 4.69) is 5.32 Å². The molecule has 2 heterocycles. The van der Waals surface area contributed by atoms with E-state index in [1.165, 1.54) is 58.2 Å². The summed E-state index contributed by atoms with van der Waals surface area (Å²) in [5.74, 6) is -10.9. The van der Waals surface area contributed by atoms with Gasteiger partial charge in [-0.15, -0.1) is 0 Å². The average Bonchev–Trinajstić information content (AvgIpc) is 3.72. The Morgan fingerprint density at radius 3 is 2.15 bits per heavy atom. The van der Waals surface area contributed by atoms with Crippen molar-refractivity contribution >= 4 is 41.5 Å². The fourth-order valence-corrected chi connectivity index (χ4v) is 10.0. The van der Waals surface area contributed by atoms with Crippen molar-refractivity contribution in [2.75, 3.05) is 6.61 Å². The molecular formula is C44H55NO17. The summed E-state index contributed by atoms with van der Waals surface area (Å²) in [4.78, 5) is 97.8. The van der Waals surface area contributed by atoms with Gasteiger partial charge in [-0.05, 0) is 58.9 Å². The van der Waals surface area contributed by atoms with Crippen molar-refractivity contribution in [1.82, 2.24) is 5.32 Å². The third-order valence-corrected chi connectivity index (χ3v) is 13.1. The molecule has 1 amide bonds. The van der Waals surface area contributed by atoms with Gasteiger partial charge in [-0.3, -0.25) is 14.4 Å². The molecule has 3 saturated carbocycles. The number of esters is 4. The Hall–Kier alpha value is -5.17. The molecule has 3 aliphatic carbocycles. The molecule has 1 saturated heterocycles. The molecule has 1 aliphatic heterocycles. The van der Waals surface area contributed by atoms with Crippen LogP contribution >= 0.6 is 0 Å². The Labute approximate surface area is 357 Å². The number of hydrogen-bond acceptors (Lipinski definition) is 17. The number of benzene rings is 1. The third-order valence-electron chi connectivity index (χ3n) is 13.1. The van der Waals surface area contributed by atoms with Gasteiger partial charge >= 0.3 is 30.0 Å². The van der Waals surface area contributed by atoms with Crippen molar-refractivity contribution in [1.29, 1.82) is 0 Å². The summed E-state index contributed by atoms with van der Waals surface area (Å²) < 4.78 is 40.8. The molecule has 338 valence electrons. The molecule has 0 radical (unpaired) electrons. The van der Waals surface area contributed by atoms with Crippen LogP contribution in [0.15, 0.2) is 53.1 Å². The topological polar surface area (TPSA) is 261 Å². The normalized spacial score (nSPS) is 33.9. The Morgan fingerprint density at radius 2 is 1.60 bits per heavy atom. The molecule has 6 rings (SSSR count). The van der Waals surface area contributed by atoms with E-state index in [0.29, 0.717) is 0 Å². The van der Waals surface area contributed by atoms with Gasteiger partial charge in [0.1, 0.15) is 53.5 Å². The number of aliphatic hydroxyl groups is 3. The lowest BCUT2D eigenvalue weighted by molar-refractivity contribution is -0.350. The zero-order valence-electron chi connectivity index (χ0n) is 36.1. The van der Waals surface area contributed by atoms with Crippen LogP contribution in [0.4, 0.5) is 4.79 Å². The van der Waals surface area contributed by atoms with E-state index >= 15 is 9.59 Å². The van der Waals surface area contributed by atoms with Crippen LogP contribution in [0.25, 0.3) is 0 Å². The van der Waals surface area contributed by atoms with Crippen LogP contribution in [0.3, 0.4) is 0 Å². The molecule has 4 aliphatic rings. The van der Waals surface area contributed by atoms with Crippen molar-refractivity contribution in [3.63, 3.8) is 0 Å². The molecule has 13 atom stereocenters. The largest absolute Gasteiger partial charge is 0.467 e. The summed E-state index contributed by atoms with van der Waals surface area (Å²) in [5.41, 5.74) is -9.21. The van der Waals surface area contributed by atoms with Gasteiger partial charge in [0.05, 0.1) is 29.8 Å². The number of alkyl carbamates (subject to hydrolysis) is 1. The highest BCUT2D eigenvalue weighted by atomic mass is 16.6. The number of carbonyl (C=O) groups excluding carboxylic acids is 7. The Balaban J connectivity index is 1.50. The standard InChI is InChI=1S/C44H55NO17/c1-21-26(58-38(53)32(49)30(25-16-13-17-56-25)45-39(54)62-40(4,5)6)19-44(55)35(60-37(52)24-14-11-10-12-15-24)33-42(9,34(50)31(48)29(21)41(44,7)8)27(59-36(51)22(2)46)18-28-43(33,20-57-28)61-23(3)47/h10-17,21-22,26-30,32-33,35,46,49,55H,18-20H2,1-9H3,(H,45,54)/t21?,22-,26+,27+,28-,29?,30+,32-,33?,35+,42-,43+,44-/m1/s1. The summed E-state index contributed by atoms with van der Waals surface area (Å²) in [6.07, 6.45) is -10.6. The minimum absolute atomic E-state index is 0.0178. The molecule has 62 heavy (non-hydrogen) atoms. The highest BCUT2D eigenvalue weighted by Gasteiger charge is 2.80. The number of furan rings is 1. The van der Waals surface area contributed by atoms with Crippen LogP contribution in [0, 0.1) is 28.6 Å². The van der Waals surface area contributed by atoms with Gasteiger partial charge in [0.15, 0.2) is 11.7 Å². The maximum absolute atomic E-state index is 15.3. The van der Waals surface area contributed by atoms with Gasteiger partial charge < -0.3 is 53.5 Å². The van der Waals surface area contributed by atoms with Crippen LogP contribution in [0.5, 0.6) is 0 Å². The maximum atomic E-state index is 15.3. The van der Waals surface area contributed by atoms with E-state index in [0.717, 1.165) is 13.8 Å². The molecule has 4 fully saturated rings. The molecule has 2 aromatic rings. The van der Waals surface area contributed by atoms with Crippen molar-refractivity contribution < 1.29 is 81.7 Å². The molecule has 0 spiro atoms. The van der Waals surface area contributed by atoms with Crippen LogP contribution < -0.4 is 5.32 Å². The van der Waals surface area contributed by atoms with E-state index in [9.17, 15) is 39.3 Å². The predicted octanol–water partition coefficient (Wildman–Crippen LogP) is 2.93. The second-order valence-corrected chi connectivity index (χ2v) is 18.6. The highest BCUT2D eigenvalue weighted by Crippen LogP contribution is 2.65. The molecule has 18 nitrogen and oxygen atoms in total. The monoisotopic (exact) mass is 869 g/mol. The first-order valence-corrected chi connectivity index (χ1v) is 20.5. The predicted molar refractivity (Wildman–Crippen MR) is 210 cm³/mol. The van der Waals surface area contributed by atoms with Gasteiger partial charge in [0.2, 0.25) is 11.6 Å². The van der Waals surface area contributed by atoms with Gasteiger partial charge in [-0.2, -0.15) is 0 Å². The van der Waals surface area contributed by atoms with Crippen molar-refractivity contribution in [3.8, 4) is 0 Å². The quantitative estimate of drug-likeness (QED) is 0.152. The Morgan fingerprint density at radius 1 is 0.935 bits per heavy atom. The molecule has 1 aromatic heterocycles. The summed E-state index contributed by atoms with van der Waals surface area (Å²) in [6.45, 7) is 12.5. The number of fused-ring (bicyclic) bond motifs is 5. The number of ether oxygens (including phenoxy) is 6. The first-order valence-electron chi connectivity index (χ1n) is 20.5. The van der Waals surface area contributed by atoms with Crippen molar-refractivity contribution in [3.05, 3.63) is 60.1 Å². The minimum Gasteiger partial charge on any atom is -0.467 e. The number of nitrogens with one attached hydrogen (secondary N) is 1. The zero-order chi connectivity index (χ0) is 45.9. The second-order valence-electron chi connectivity index (χ2n) is 18.6. The molecule has 1 aromatic carbocycles. The fourth-order valence-electron chi connectivity index (χ4n) is 10.0. The molecular weight excluding hydrogens is 814 g/mol. The first-order chi connectivity index (χ1) is 28.8. The van der Waals surface area contributed by atoms with Crippen LogP contribution in [-0.4, -0.2) is 117 Å². The summed E-state index contributed by atoms with van der Waals surface area (Å²) in [6, 6.07) is 8.96. The maximum Gasteiger partial charge on any atom is 0.408 e. The van der Waals surface area contributed by atoms with Gasteiger partial charge in [-0.1, -0.05) is 39.0 Å². The second kappa shape index (κ2) is 16.5. The Kier molecular flexibility index (Phi) is 12.3. The van der Waals surface area contributed by atoms with Gasteiger partial charge in [0.25, 0.3) is 0 Å². The zero-order valence-corrected chi connectivity index (χ0v) is 36.1. The van der Waals surface area contributed by atoms with Crippen LogP contribution in [-0.2, 0) is 52.4 Å². The lowest BCUT2D eigenvalue weighted by Crippen LogP contribution is -2.83. The lowest BCUT2D eigenvalue weighted by atomic mass is 9.42. The van der Waals surface area contributed by atoms with Crippen molar-refractivity contribution in [2.45, 2.75) is 135 Å². The summed E-state index contributed by atoms with van der Waals surface area (Å²) in [7, 11) is 0. The minimum atomic E-state index is -2.47. The molecule has 2 bridgehead atoms. The lowest BCUT2D eigenvalue weighted by Gasteiger charge is -2.68. The number of aliphatic hydroxyl groups excluding tert-OH is 2. The van der Waals surface area contributed by atoms with Gasteiger partial charge in [0, 0.05) is 37.0 Å². The number of amides is 1. The van der Waals surface area contributed by atoms with E-state index in [1.807, 2.05) is 0 Å². The third kappa shape index (κ3) is 7.90. The number of Topliss-reactive ketones (excluding diaryl/α,β-unsaturated/α-hetero) is 2. The number of rotatable bonds is 10. The van der Waals surface area contributed by atoms with Crippen molar-refractivity contribution in [2.24, 2.45) is 28.6 Å². The van der Waals surface area contributed by atoms with Crippen LogP contribution in [0.1, 0.15) is 97.3 Å². The number of ketones is 2. The number of carbonyl (C=O) groups is 7. The van der Waals surface area contributed by atoms with E-state index < -0.39 is 143 Å². The Bertz CT molecular complexity index is 2080. The molecule has 4 N–H and O–H groups in total. The first kappa shape index (κ1) is 46.3. The summed E-state index contributed by atoms with van der Waals surface area (Å²) in [5, 5.41) is 37.7. The van der Waals surface area contributed by atoms with E-state index in [4.69, 9.17) is 32.8 Å². The van der Waals surface area contributed by atoms with E-state index in [-0.39, 0.29) is 17.7 Å². The van der Waals surface area contributed by atoms with Crippen LogP contribution in [0.2, 0.25) is 0 Å². The summed E-state index contributed by atoms with van der Waals surface area (Å²) >= 11 is 0. The fraction of sp³-hybridized carbons (Fsp3) is 0.614. The van der Waals surface area contributed by atoms with Gasteiger partial charge in [-0.25, -0.2) is 19.2 Å². The van der Waals surface area contributed by atoms with E-state index in [1.54, 1.807) is 39.0 Å². The SMILES string of the molecule is CC(=O)O[C@@]12CO[C@@H]1C[C@H](OC(=O)[C@@H](C)O)[C@@]1(C)C(=O)C(=O)C3C(C)[C@@H](OC(=O)[C@H](O)[C@@H](NC(=O)OC(C)(C)C)c4ccco4)C[C@@](O)([C@@H](OC(=O)c4ccccc4)C12)C3(C)C. The molecule has 18 heteroatoms. The highest BCUT2D eigenvalue weighted by molar-refractivity contribution is 6.40.